The van der Waals surface area contributed by atoms with Crippen molar-refractivity contribution in [2.75, 3.05) is 13.1 Å². The molecular weight excluding hydrogens is 274 g/mol. The molecule has 1 aromatic carbocycles. The van der Waals surface area contributed by atoms with Gasteiger partial charge in [-0.2, -0.15) is 0 Å². The summed E-state index contributed by atoms with van der Waals surface area (Å²) in [5.41, 5.74) is 0. The van der Waals surface area contributed by atoms with Crippen LogP contribution in [0.1, 0.15) is 12.2 Å². The first-order valence-corrected chi connectivity index (χ1v) is 7.12. The molecule has 1 aliphatic rings. The highest BCUT2D eigenvalue weighted by Crippen LogP contribution is 2.23. The van der Waals surface area contributed by atoms with Crippen LogP contribution in [0, 0.1) is 5.92 Å². The Labute approximate surface area is 123 Å². The summed E-state index contributed by atoms with van der Waals surface area (Å²) in [7, 11) is 0. The highest BCUT2D eigenvalue weighted by molar-refractivity contribution is 6.30. The summed E-state index contributed by atoms with van der Waals surface area (Å²) in [6.45, 7) is 2.16. The molecule has 0 bridgehead atoms. The van der Waals surface area contributed by atoms with Gasteiger partial charge in [-0.05, 0) is 43.6 Å². The van der Waals surface area contributed by atoms with Gasteiger partial charge < -0.3 is 10.1 Å². The van der Waals surface area contributed by atoms with Crippen LogP contribution in [0.5, 0.6) is 11.5 Å². The molecule has 0 saturated carbocycles. The number of nitrogens with zero attached hydrogens (tertiary/aromatic N) is 2. The van der Waals surface area contributed by atoms with Crippen molar-refractivity contribution in [3.8, 4) is 11.5 Å². The van der Waals surface area contributed by atoms with Crippen molar-refractivity contribution in [1.29, 1.82) is 0 Å². The Morgan fingerprint density at radius 2 is 2.10 bits per heavy atom. The molecule has 1 aromatic heterocycles. The number of hydrogen-bond acceptors (Lipinski definition) is 4. The number of hydrogen-bond donors (Lipinski definition) is 1. The van der Waals surface area contributed by atoms with Crippen molar-refractivity contribution in [2.45, 2.75) is 12.8 Å². The lowest BCUT2D eigenvalue weighted by Crippen LogP contribution is -2.12. The molecule has 0 radical (unpaired) electrons. The maximum atomic E-state index is 5.91. The van der Waals surface area contributed by atoms with Gasteiger partial charge in [-0.3, -0.25) is 0 Å². The third-order valence-electron chi connectivity index (χ3n) is 3.35. The predicted octanol–water partition coefficient (Wildman–Crippen LogP) is 3.07. The Morgan fingerprint density at radius 1 is 1.25 bits per heavy atom. The Morgan fingerprint density at radius 3 is 2.80 bits per heavy atom. The van der Waals surface area contributed by atoms with E-state index >= 15 is 0 Å². The zero-order valence-electron chi connectivity index (χ0n) is 11.1. The average Bonchev–Trinajstić information content (AvgIpc) is 2.94. The van der Waals surface area contributed by atoms with Gasteiger partial charge in [-0.15, -0.1) is 0 Å². The van der Waals surface area contributed by atoms with Crippen LogP contribution in [-0.4, -0.2) is 23.1 Å². The maximum Gasteiger partial charge on any atom is 0.164 e. The van der Waals surface area contributed by atoms with Gasteiger partial charge in [0.25, 0.3) is 0 Å². The molecule has 1 N–H and O–H groups in total. The summed E-state index contributed by atoms with van der Waals surface area (Å²) in [5.74, 6) is 2.83. The molecular formula is C15H16ClN3O. The van der Waals surface area contributed by atoms with Gasteiger partial charge in [0.1, 0.15) is 11.6 Å². The third kappa shape index (κ3) is 3.46. The van der Waals surface area contributed by atoms with E-state index in [1.54, 1.807) is 18.5 Å². The number of aromatic nitrogens is 2. The maximum absolute atomic E-state index is 5.91. The van der Waals surface area contributed by atoms with Crippen molar-refractivity contribution >= 4 is 11.6 Å². The first-order valence-electron chi connectivity index (χ1n) is 6.74. The topological polar surface area (TPSA) is 47.0 Å². The van der Waals surface area contributed by atoms with Crippen LogP contribution < -0.4 is 10.1 Å². The number of rotatable bonds is 4. The predicted molar refractivity (Wildman–Crippen MR) is 78.2 cm³/mol. The second-order valence-corrected chi connectivity index (χ2v) is 5.39. The van der Waals surface area contributed by atoms with Gasteiger partial charge in [0.05, 0.1) is 12.4 Å². The van der Waals surface area contributed by atoms with Crippen molar-refractivity contribution in [3.63, 3.8) is 0 Å². The summed E-state index contributed by atoms with van der Waals surface area (Å²) < 4.78 is 5.66. The Balaban J connectivity index is 1.63. The van der Waals surface area contributed by atoms with E-state index in [1.165, 1.54) is 6.42 Å². The molecule has 1 atom stereocenters. The van der Waals surface area contributed by atoms with Crippen LogP contribution in [0.15, 0.2) is 36.7 Å². The summed E-state index contributed by atoms with van der Waals surface area (Å²) >= 11 is 5.91. The fraction of sp³-hybridized carbons (Fsp3) is 0.333. The fourth-order valence-corrected chi connectivity index (χ4v) is 2.49. The lowest BCUT2D eigenvalue weighted by molar-refractivity contribution is 0.474. The molecule has 1 fully saturated rings. The fourth-order valence-electron chi connectivity index (χ4n) is 2.31. The van der Waals surface area contributed by atoms with Gasteiger partial charge in [0.2, 0.25) is 0 Å². The quantitative estimate of drug-likeness (QED) is 0.940. The SMILES string of the molecule is Clc1cccc(Oc2cnc(CC3CCNC3)nc2)c1. The van der Waals surface area contributed by atoms with E-state index in [1.807, 2.05) is 18.2 Å². The first kappa shape index (κ1) is 13.3. The van der Waals surface area contributed by atoms with E-state index in [4.69, 9.17) is 16.3 Å². The van der Waals surface area contributed by atoms with E-state index in [9.17, 15) is 0 Å². The van der Waals surface area contributed by atoms with Crippen LogP contribution >= 0.6 is 11.6 Å². The van der Waals surface area contributed by atoms with Crippen molar-refractivity contribution in [3.05, 3.63) is 47.5 Å². The summed E-state index contributed by atoms with van der Waals surface area (Å²) in [6.07, 6.45) is 5.55. The zero-order valence-corrected chi connectivity index (χ0v) is 11.8. The van der Waals surface area contributed by atoms with Crippen LogP contribution in [0.4, 0.5) is 0 Å². The second-order valence-electron chi connectivity index (χ2n) is 4.96. The van der Waals surface area contributed by atoms with Crippen LogP contribution in [0.2, 0.25) is 5.02 Å². The first-order chi connectivity index (χ1) is 9.79. The van der Waals surface area contributed by atoms with Crippen molar-refractivity contribution < 1.29 is 4.74 Å². The minimum atomic E-state index is 0.626. The smallest absolute Gasteiger partial charge is 0.164 e. The zero-order chi connectivity index (χ0) is 13.8. The summed E-state index contributed by atoms with van der Waals surface area (Å²) in [6, 6.07) is 7.27. The van der Waals surface area contributed by atoms with Crippen LogP contribution in [-0.2, 0) is 6.42 Å². The summed E-state index contributed by atoms with van der Waals surface area (Å²) in [4.78, 5) is 8.73. The van der Waals surface area contributed by atoms with E-state index < -0.39 is 0 Å². The molecule has 5 heteroatoms. The van der Waals surface area contributed by atoms with Gasteiger partial charge in [-0.25, -0.2) is 9.97 Å². The largest absolute Gasteiger partial charge is 0.454 e. The lowest BCUT2D eigenvalue weighted by atomic mass is 10.1. The van der Waals surface area contributed by atoms with Crippen LogP contribution in [0.3, 0.4) is 0 Å². The number of ether oxygens (including phenoxy) is 1. The minimum absolute atomic E-state index is 0.626. The highest BCUT2D eigenvalue weighted by atomic mass is 35.5. The van der Waals surface area contributed by atoms with E-state index in [-0.39, 0.29) is 0 Å². The van der Waals surface area contributed by atoms with E-state index in [0.717, 1.165) is 25.3 Å². The minimum Gasteiger partial charge on any atom is -0.454 e. The molecule has 4 nitrogen and oxygen atoms in total. The third-order valence-corrected chi connectivity index (χ3v) is 3.58. The molecule has 1 unspecified atom stereocenters. The second kappa shape index (κ2) is 6.20. The standard InChI is InChI=1S/C15H16ClN3O/c16-12-2-1-3-13(7-12)20-14-9-18-15(19-10-14)6-11-4-5-17-8-11/h1-3,7,9-11,17H,4-6,8H2. The number of nitrogens with one attached hydrogen (secondary N) is 1. The molecule has 0 amide bonds. The molecule has 1 saturated heterocycles. The Kier molecular flexibility index (Phi) is 4.14. The molecule has 2 heterocycles. The number of benzene rings is 1. The van der Waals surface area contributed by atoms with Crippen LogP contribution in [0.25, 0.3) is 0 Å². The van der Waals surface area contributed by atoms with Crippen molar-refractivity contribution in [1.82, 2.24) is 15.3 Å². The highest BCUT2D eigenvalue weighted by Gasteiger charge is 2.16. The monoisotopic (exact) mass is 289 g/mol. The molecule has 2 aromatic rings. The van der Waals surface area contributed by atoms with Crippen molar-refractivity contribution in [2.24, 2.45) is 5.92 Å². The molecule has 1 aliphatic heterocycles. The van der Waals surface area contributed by atoms with Gasteiger partial charge in [0, 0.05) is 11.4 Å². The molecule has 0 aliphatic carbocycles. The normalized spacial score (nSPS) is 18.1. The van der Waals surface area contributed by atoms with Gasteiger partial charge in [-0.1, -0.05) is 17.7 Å². The van der Waals surface area contributed by atoms with Gasteiger partial charge in [0.15, 0.2) is 5.75 Å². The number of halogens is 1. The Hall–Kier alpha value is -1.65. The Bertz CT molecular complexity index is 568. The molecule has 20 heavy (non-hydrogen) atoms. The van der Waals surface area contributed by atoms with E-state index in [0.29, 0.717) is 22.4 Å². The lowest BCUT2D eigenvalue weighted by Gasteiger charge is -2.08. The molecule has 0 spiro atoms. The molecule has 3 rings (SSSR count). The van der Waals surface area contributed by atoms with E-state index in [2.05, 4.69) is 15.3 Å². The average molecular weight is 290 g/mol. The molecule has 104 valence electrons. The summed E-state index contributed by atoms with van der Waals surface area (Å²) in [5, 5.41) is 4.00. The van der Waals surface area contributed by atoms with Gasteiger partial charge >= 0.3 is 0 Å².